The summed E-state index contributed by atoms with van der Waals surface area (Å²) in [6, 6.07) is 0.792. The molecule has 1 aliphatic rings. The SMILES string of the molecule is CC(CO)CN(CCCN)C1CC1. The van der Waals surface area contributed by atoms with Crippen LogP contribution in [0.3, 0.4) is 0 Å². The summed E-state index contributed by atoms with van der Waals surface area (Å²) >= 11 is 0. The largest absolute Gasteiger partial charge is 0.396 e. The number of hydrogen-bond acceptors (Lipinski definition) is 3. The highest BCUT2D eigenvalue weighted by molar-refractivity contribution is 4.85. The minimum atomic E-state index is 0.297. The highest BCUT2D eigenvalue weighted by Gasteiger charge is 2.28. The summed E-state index contributed by atoms with van der Waals surface area (Å²) in [7, 11) is 0. The molecule has 13 heavy (non-hydrogen) atoms. The van der Waals surface area contributed by atoms with Gasteiger partial charge in [-0.1, -0.05) is 6.92 Å². The lowest BCUT2D eigenvalue weighted by molar-refractivity contribution is 0.167. The Balaban J connectivity index is 2.20. The van der Waals surface area contributed by atoms with E-state index >= 15 is 0 Å². The fraction of sp³-hybridized carbons (Fsp3) is 1.00. The maximum Gasteiger partial charge on any atom is 0.0468 e. The smallest absolute Gasteiger partial charge is 0.0468 e. The van der Waals surface area contributed by atoms with Crippen molar-refractivity contribution in [3.8, 4) is 0 Å². The standard InChI is InChI=1S/C10H22N2O/c1-9(8-13)7-12(6-2-5-11)10-3-4-10/h9-10,13H,2-8,11H2,1H3. The lowest BCUT2D eigenvalue weighted by Gasteiger charge is -2.24. The molecule has 0 aliphatic heterocycles. The van der Waals surface area contributed by atoms with E-state index in [1.54, 1.807) is 0 Å². The first kappa shape index (κ1) is 11.0. The fourth-order valence-electron chi connectivity index (χ4n) is 1.62. The summed E-state index contributed by atoms with van der Waals surface area (Å²) in [5, 5.41) is 8.96. The maximum absolute atomic E-state index is 8.96. The molecule has 0 spiro atoms. The molecule has 1 unspecified atom stereocenters. The maximum atomic E-state index is 8.96. The van der Waals surface area contributed by atoms with Crippen LogP contribution >= 0.6 is 0 Å². The van der Waals surface area contributed by atoms with Crippen LogP contribution in [0.25, 0.3) is 0 Å². The molecule has 0 aromatic carbocycles. The molecular formula is C10H22N2O. The minimum absolute atomic E-state index is 0.297. The number of aliphatic hydroxyl groups excluding tert-OH is 1. The van der Waals surface area contributed by atoms with Gasteiger partial charge in [0, 0.05) is 19.2 Å². The average molecular weight is 186 g/mol. The molecule has 0 bridgehead atoms. The van der Waals surface area contributed by atoms with Crippen molar-refractivity contribution >= 4 is 0 Å². The summed E-state index contributed by atoms with van der Waals surface area (Å²) in [5.41, 5.74) is 5.48. The minimum Gasteiger partial charge on any atom is -0.396 e. The Morgan fingerprint density at radius 2 is 2.23 bits per heavy atom. The number of aliphatic hydroxyl groups is 1. The number of hydrogen-bond donors (Lipinski definition) is 2. The van der Waals surface area contributed by atoms with Crippen LogP contribution in [0, 0.1) is 5.92 Å². The van der Waals surface area contributed by atoms with Gasteiger partial charge in [-0.2, -0.15) is 0 Å². The van der Waals surface area contributed by atoms with E-state index < -0.39 is 0 Å². The van der Waals surface area contributed by atoms with Crippen LogP contribution in [-0.2, 0) is 0 Å². The molecule has 0 radical (unpaired) electrons. The number of nitrogens with two attached hydrogens (primary N) is 1. The molecule has 0 amide bonds. The molecule has 1 saturated carbocycles. The fourth-order valence-corrected chi connectivity index (χ4v) is 1.62. The molecule has 1 fully saturated rings. The summed E-state index contributed by atoms with van der Waals surface area (Å²) in [4.78, 5) is 2.48. The summed E-state index contributed by atoms with van der Waals surface area (Å²) < 4.78 is 0. The Labute approximate surface area is 80.9 Å². The van der Waals surface area contributed by atoms with Crippen molar-refractivity contribution in [1.29, 1.82) is 0 Å². The topological polar surface area (TPSA) is 49.5 Å². The van der Waals surface area contributed by atoms with Crippen LogP contribution in [0.5, 0.6) is 0 Å². The van der Waals surface area contributed by atoms with E-state index in [0.717, 1.165) is 32.1 Å². The molecule has 1 atom stereocenters. The Hall–Kier alpha value is -0.120. The predicted octanol–water partition coefficient (Wildman–Crippen LogP) is 0.428. The first-order valence-electron chi connectivity index (χ1n) is 5.33. The van der Waals surface area contributed by atoms with Crippen LogP contribution in [0.2, 0.25) is 0 Å². The van der Waals surface area contributed by atoms with Gasteiger partial charge in [0.25, 0.3) is 0 Å². The van der Waals surface area contributed by atoms with Gasteiger partial charge >= 0.3 is 0 Å². The second kappa shape index (κ2) is 5.58. The van der Waals surface area contributed by atoms with Gasteiger partial charge in [-0.3, -0.25) is 4.90 Å². The van der Waals surface area contributed by atoms with Gasteiger partial charge in [-0.05, 0) is 38.3 Å². The van der Waals surface area contributed by atoms with Crippen molar-refractivity contribution in [1.82, 2.24) is 4.90 Å². The van der Waals surface area contributed by atoms with Crippen molar-refractivity contribution in [2.75, 3.05) is 26.2 Å². The molecular weight excluding hydrogens is 164 g/mol. The molecule has 3 N–H and O–H groups in total. The van der Waals surface area contributed by atoms with E-state index in [1.165, 1.54) is 12.8 Å². The second-order valence-electron chi connectivity index (χ2n) is 4.16. The molecule has 0 saturated heterocycles. The summed E-state index contributed by atoms with van der Waals surface area (Å²) in [6.45, 7) is 5.30. The monoisotopic (exact) mass is 186 g/mol. The Morgan fingerprint density at radius 3 is 2.69 bits per heavy atom. The third-order valence-corrected chi connectivity index (χ3v) is 2.57. The number of rotatable bonds is 7. The van der Waals surface area contributed by atoms with Gasteiger partial charge < -0.3 is 10.8 Å². The molecule has 78 valence electrons. The van der Waals surface area contributed by atoms with Crippen molar-refractivity contribution in [3.63, 3.8) is 0 Å². The quantitative estimate of drug-likeness (QED) is 0.606. The third kappa shape index (κ3) is 4.07. The van der Waals surface area contributed by atoms with Crippen molar-refractivity contribution in [2.45, 2.75) is 32.2 Å². The predicted molar refractivity (Wildman–Crippen MR) is 54.5 cm³/mol. The Bertz CT molecular complexity index is 137. The first-order chi connectivity index (χ1) is 6.27. The highest BCUT2D eigenvalue weighted by Crippen LogP contribution is 2.27. The Morgan fingerprint density at radius 1 is 1.54 bits per heavy atom. The molecule has 0 aromatic rings. The van der Waals surface area contributed by atoms with Gasteiger partial charge in [0.2, 0.25) is 0 Å². The van der Waals surface area contributed by atoms with Crippen LogP contribution in [-0.4, -0.2) is 42.3 Å². The molecule has 0 aromatic heterocycles. The van der Waals surface area contributed by atoms with Gasteiger partial charge in [0.05, 0.1) is 0 Å². The van der Waals surface area contributed by atoms with E-state index in [0.29, 0.717) is 12.5 Å². The zero-order chi connectivity index (χ0) is 9.68. The van der Waals surface area contributed by atoms with E-state index in [9.17, 15) is 0 Å². The number of nitrogens with zero attached hydrogens (tertiary/aromatic N) is 1. The first-order valence-corrected chi connectivity index (χ1v) is 5.33. The summed E-state index contributed by atoms with van der Waals surface area (Å²) in [6.07, 6.45) is 3.75. The second-order valence-corrected chi connectivity index (χ2v) is 4.16. The molecule has 1 rings (SSSR count). The zero-order valence-corrected chi connectivity index (χ0v) is 8.58. The van der Waals surface area contributed by atoms with E-state index in [2.05, 4.69) is 11.8 Å². The van der Waals surface area contributed by atoms with Crippen LogP contribution in [0.1, 0.15) is 26.2 Å². The lowest BCUT2D eigenvalue weighted by atomic mass is 10.2. The van der Waals surface area contributed by atoms with E-state index in [1.807, 2.05) is 0 Å². The van der Waals surface area contributed by atoms with Crippen molar-refractivity contribution in [2.24, 2.45) is 11.7 Å². The van der Waals surface area contributed by atoms with Crippen LogP contribution < -0.4 is 5.73 Å². The molecule has 1 aliphatic carbocycles. The van der Waals surface area contributed by atoms with Gasteiger partial charge in [0.15, 0.2) is 0 Å². The van der Waals surface area contributed by atoms with Crippen LogP contribution in [0.4, 0.5) is 0 Å². The third-order valence-electron chi connectivity index (χ3n) is 2.57. The van der Waals surface area contributed by atoms with E-state index in [4.69, 9.17) is 10.8 Å². The normalized spacial score (nSPS) is 19.4. The van der Waals surface area contributed by atoms with Gasteiger partial charge in [-0.15, -0.1) is 0 Å². The van der Waals surface area contributed by atoms with Crippen molar-refractivity contribution in [3.05, 3.63) is 0 Å². The van der Waals surface area contributed by atoms with Gasteiger partial charge in [-0.25, -0.2) is 0 Å². The molecule has 0 heterocycles. The lowest BCUT2D eigenvalue weighted by Crippen LogP contribution is -2.33. The van der Waals surface area contributed by atoms with Crippen molar-refractivity contribution < 1.29 is 5.11 Å². The average Bonchev–Trinajstić information content (AvgIpc) is 2.94. The zero-order valence-electron chi connectivity index (χ0n) is 8.58. The Kier molecular flexibility index (Phi) is 4.70. The molecule has 3 nitrogen and oxygen atoms in total. The van der Waals surface area contributed by atoms with Gasteiger partial charge in [0.1, 0.15) is 0 Å². The highest BCUT2D eigenvalue weighted by atomic mass is 16.3. The van der Waals surface area contributed by atoms with E-state index in [-0.39, 0.29) is 0 Å². The summed E-state index contributed by atoms with van der Waals surface area (Å²) in [5.74, 6) is 0.401. The molecule has 3 heteroatoms. The van der Waals surface area contributed by atoms with Crippen LogP contribution in [0.15, 0.2) is 0 Å².